The van der Waals surface area contributed by atoms with Crippen LogP contribution in [0.2, 0.25) is 0 Å². The molecule has 2 nitrogen and oxygen atoms in total. The minimum Gasteiger partial charge on any atom is -0.350 e. The summed E-state index contributed by atoms with van der Waals surface area (Å²) in [6.45, 7) is 10.5. The molecule has 24 heavy (non-hydrogen) atoms. The first-order chi connectivity index (χ1) is 11.4. The topological polar surface area (TPSA) is 29.1 Å². The molecule has 0 bridgehead atoms. The molecule has 0 spiro atoms. The molecule has 2 aromatic rings. The molecule has 1 atom stereocenters. The first kappa shape index (κ1) is 18.6. The van der Waals surface area contributed by atoms with Gasteiger partial charge in [0.2, 0.25) is 5.91 Å². The van der Waals surface area contributed by atoms with E-state index in [-0.39, 0.29) is 11.9 Å². The Bertz CT molecular complexity index is 707. The number of benzene rings is 2. The van der Waals surface area contributed by atoms with Crippen LogP contribution in [0.5, 0.6) is 0 Å². The van der Waals surface area contributed by atoms with E-state index in [1.165, 1.54) is 32.7 Å². The van der Waals surface area contributed by atoms with Gasteiger partial charge < -0.3 is 5.32 Å². The quantitative estimate of drug-likeness (QED) is 0.724. The van der Waals surface area contributed by atoms with Crippen molar-refractivity contribution in [2.75, 3.05) is 5.75 Å². The third-order valence-corrected chi connectivity index (χ3v) is 5.36. The summed E-state index contributed by atoms with van der Waals surface area (Å²) in [4.78, 5) is 13.4. The van der Waals surface area contributed by atoms with Gasteiger partial charge in [-0.25, -0.2) is 0 Å². The highest BCUT2D eigenvalue weighted by Gasteiger charge is 2.13. The number of carbonyl (C=O) groups is 1. The second-order valence-corrected chi connectivity index (χ2v) is 7.66. The third-order valence-electron chi connectivity index (χ3n) is 4.35. The summed E-state index contributed by atoms with van der Waals surface area (Å²) in [7, 11) is 0. The fourth-order valence-corrected chi connectivity index (χ4v) is 3.59. The summed E-state index contributed by atoms with van der Waals surface area (Å²) in [5.41, 5.74) is 6.27. The van der Waals surface area contributed by atoms with E-state index in [2.05, 4.69) is 76.3 Å². The smallest absolute Gasteiger partial charge is 0.221 e. The van der Waals surface area contributed by atoms with Crippen molar-refractivity contribution in [1.82, 2.24) is 5.32 Å². The van der Waals surface area contributed by atoms with E-state index in [0.717, 1.165) is 5.75 Å². The fourth-order valence-electron chi connectivity index (χ4n) is 2.74. The van der Waals surface area contributed by atoms with Crippen LogP contribution in [0.25, 0.3) is 0 Å². The average molecular weight is 342 g/mol. The summed E-state index contributed by atoms with van der Waals surface area (Å²) in [6.07, 6.45) is 0.534. The van der Waals surface area contributed by atoms with Crippen LogP contribution >= 0.6 is 11.8 Å². The van der Waals surface area contributed by atoms with Crippen LogP contribution in [0.15, 0.2) is 41.3 Å². The van der Waals surface area contributed by atoms with Crippen molar-refractivity contribution in [3.05, 3.63) is 64.2 Å². The Hall–Kier alpha value is -1.74. The summed E-state index contributed by atoms with van der Waals surface area (Å²) >= 11 is 1.73. The van der Waals surface area contributed by atoms with E-state index < -0.39 is 0 Å². The molecule has 2 aromatic carbocycles. The molecule has 0 aliphatic carbocycles. The van der Waals surface area contributed by atoms with Gasteiger partial charge >= 0.3 is 0 Å². The minimum absolute atomic E-state index is 0.0428. The highest BCUT2D eigenvalue weighted by atomic mass is 32.2. The lowest BCUT2D eigenvalue weighted by Crippen LogP contribution is -2.27. The van der Waals surface area contributed by atoms with Gasteiger partial charge in [0, 0.05) is 17.1 Å². The molecule has 0 aliphatic rings. The van der Waals surface area contributed by atoms with Gasteiger partial charge in [-0.1, -0.05) is 29.8 Å². The highest BCUT2D eigenvalue weighted by molar-refractivity contribution is 7.99. The zero-order valence-corrected chi connectivity index (χ0v) is 16.1. The van der Waals surface area contributed by atoms with E-state index in [1.54, 1.807) is 11.8 Å². The molecule has 1 amide bonds. The molecule has 0 heterocycles. The molecule has 0 radical (unpaired) electrons. The monoisotopic (exact) mass is 341 g/mol. The molecule has 0 aliphatic heterocycles. The maximum absolute atomic E-state index is 12.2. The maximum Gasteiger partial charge on any atom is 0.221 e. The molecule has 3 heteroatoms. The number of carbonyl (C=O) groups excluding carboxylic acids is 1. The van der Waals surface area contributed by atoms with Crippen molar-refractivity contribution in [2.24, 2.45) is 0 Å². The van der Waals surface area contributed by atoms with Gasteiger partial charge in [0.05, 0.1) is 6.04 Å². The zero-order valence-electron chi connectivity index (χ0n) is 15.3. The molecule has 0 aromatic heterocycles. The van der Waals surface area contributed by atoms with Crippen molar-refractivity contribution in [3.8, 4) is 0 Å². The molecule has 128 valence electrons. The second kappa shape index (κ2) is 8.39. The van der Waals surface area contributed by atoms with Gasteiger partial charge in [0.15, 0.2) is 0 Å². The van der Waals surface area contributed by atoms with Gasteiger partial charge in [-0.2, -0.15) is 0 Å². The van der Waals surface area contributed by atoms with E-state index >= 15 is 0 Å². The van der Waals surface area contributed by atoms with E-state index in [9.17, 15) is 4.79 Å². The van der Waals surface area contributed by atoms with Crippen LogP contribution in [0.1, 0.15) is 47.2 Å². The molecular formula is C21H27NOS. The fraction of sp³-hybridized carbons (Fsp3) is 0.381. The predicted octanol–water partition coefficient (Wildman–Crippen LogP) is 5.28. The van der Waals surface area contributed by atoms with Crippen molar-refractivity contribution in [3.63, 3.8) is 0 Å². The number of amides is 1. The number of aryl methyl sites for hydroxylation is 4. The molecule has 0 fully saturated rings. The normalized spacial score (nSPS) is 12.0. The Morgan fingerprint density at radius 3 is 2.29 bits per heavy atom. The molecule has 1 N–H and O–H groups in total. The lowest BCUT2D eigenvalue weighted by molar-refractivity contribution is -0.121. The number of thioether (sulfide) groups is 1. The highest BCUT2D eigenvalue weighted by Crippen LogP contribution is 2.22. The predicted molar refractivity (Wildman–Crippen MR) is 104 cm³/mol. The summed E-state index contributed by atoms with van der Waals surface area (Å²) in [6, 6.07) is 12.9. The largest absolute Gasteiger partial charge is 0.350 e. The molecule has 0 saturated carbocycles. The van der Waals surface area contributed by atoms with Crippen LogP contribution in [0.3, 0.4) is 0 Å². The molecule has 0 saturated heterocycles. The van der Waals surface area contributed by atoms with Crippen molar-refractivity contribution in [1.29, 1.82) is 0 Å². The first-order valence-corrected chi connectivity index (χ1v) is 9.42. The van der Waals surface area contributed by atoms with Gasteiger partial charge in [0.25, 0.3) is 0 Å². The minimum atomic E-state index is 0.0428. The molecule has 0 unspecified atom stereocenters. The number of hydrogen-bond acceptors (Lipinski definition) is 2. The SMILES string of the molecule is Cc1ccc(SCCC(=O)N[C@@H](C)c2cc(C)c(C)cc2C)cc1. The van der Waals surface area contributed by atoms with Crippen molar-refractivity contribution >= 4 is 17.7 Å². The van der Waals surface area contributed by atoms with E-state index in [0.29, 0.717) is 6.42 Å². The lowest BCUT2D eigenvalue weighted by Gasteiger charge is -2.18. The summed E-state index contributed by atoms with van der Waals surface area (Å²) in [5.74, 6) is 0.910. The molecular weight excluding hydrogens is 314 g/mol. The van der Waals surface area contributed by atoms with E-state index in [1.807, 2.05) is 0 Å². The molecule has 2 rings (SSSR count). The number of rotatable bonds is 6. The van der Waals surface area contributed by atoms with Gasteiger partial charge in [-0.3, -0.25) is 4.79 Å². The Morgan fingerprint density at radius 1 is 1.00 bits per heavy atom. The van der Waals surface area contributed by atoms with Crippen LogP contribution < -0.4 is 5.32 Å². The average Bonchev–Trinajstić information content (AvgIpc) is 2.52. The summed E-state index contributed by atoms with van der Waals surface area (Å²) in [5, 5.41) is 3.13. The van der Waals surface area contributed by atoms with E-state index in [4.69, 9.17) is 0 Å². The standard InChI is InChI=1S/C21H27NOS/c1-14-6-8-19(9-7-14)24-11-10-21(23)22-18(5)20-13-16(3)15(2)12-17(20)4/h6-9,12-13,18H,10-11H2,1-5H3,(H,22,23)/t18-/m0/s1. The van der Waals surface area contributed by atoms with Gasteiger partial charge in [-0.05, 0) is 69.0 Å². The second-order valence-electron chi connectivity index (χ2n) is 6.49. The van der Waals surface area contributed by atoms with Crippen LogP contribution in [0.4, 0.5) is 0 Å². The first-order valence-electron chi connectivity index (χ1n) is 8.43. The van der Waals surface area contributed by atoms with Gasteiger partial charge in [0.1, 0.15) is 0 Å². The third kappa shape index (κ3) is 5.13. The van der Waals surface area contributed by atoms with Gasteiger partial charge in [-0.15, -0.1) is 11.8 Å². The Labute approximate surface area is 150 Å². The van der Waals surface area contributed by atoms with Crippen molar-refractivity contribution < 1.29 is 4.79 Å². The Balaban J connectivity index is 1.85. The van der Waals surface area contributed by atoms with Crippen LogP contribution in [0, 0.1) is 27.7 Å². The maximum atomic E-state index is 12.2. The Morgan fingerprint density at radius 2 is 1.62 bits per heavy atom. The zero-order chi connectivity index (χ0) is 17.7. The lowest BCUT2D eigenvalue weighted by atomic mass is 9.96. The van der Waals surface area contributed by atoms with Crippen LogP contribution in [-0.2, 0) is 4.79 Å². The van der Waals surface area contributed by atoms with Crippen molar-refractivity contribution in [2.45, 2.75) is 52.0 Å². The summed E-state index contributed by atoms with van der Waals surface area (Å²) < 4.78 is 0. The number of hydrogen-bond donors (Lipinski definition) is 1. The Kier molecular flexibility index (Phi) is 6.50. The number of nitrogens with one attached hydrogen (secondary N) is 1. The van der Waals surface area contributed by atoms with Crippen LogP contribution in [-0.4, -0.2) is 11.7 Å².